The molecular formula is C12H8N2OS. The van der Waals surface area contributed by atoms with Crippen LogP contribution in [-0.4, -0.2) is 12.1 Å². The standard InChI is InChI=1S/C12H8N2OS/c1-15-9-5-6-10-11(8-9)16-12(14-10)4-2-3-7-13/h5-6,8H,3H2,1H3. The van der Waals surface area contributed by atoms with Gasteiger partial charge in [0.1, 0.15) is 5.75 Å². The Bertz CT molecular complexity index is 613. The first-order valence-corrected chi connectivity index (χ1v) is 5.45. The fraction of sp³-hybridized carbons (Fsp3) is 0.167. The Balaban J connectivity index is 2.38. The van der Waals surface area contributed by atoms with Crippen LogP contribution in [0.1, 0.15) is 11.4 Å². The Morgan fingerprint density at radius 2 is 2.38 bits per heavy atom. The summed E-state index contributed by atoms with van der Waals surface area (Å²) in [6.07, 6.45) is 0.235. The van der Waals surface area contributed by atoms with E-state index in [2.05, 4.69) is 16.8 Å². The predicted octanol–water partition coefficient (Wildman–Crippen LogP) is 2.57. The molecule has 0 radical (unpaired) electrons. The van der Waals surface area contributed by atoms with Crippen molar-refractivity contribution in [1.82, 2.24) is 4.98 Å². The van der Waals surface area contributed by atoms with Gasteiger partial charge in [-0.15, -0.1) is 11.3 Å². The third-order valence-corrected chi connectivity index (χ3v) is 2.89. The molecule has 1 aromatic carbocycles. The molecule has 0 N–H and O–H groups in total. The highest BCUT2D eigenvalue weighted by Crippen LogP contribution is 2.25. The normalized spacial score (nSPS) is 9.25. The van der Waals surface area contributed by atoms with E-state index in [0.29, 0.717) is 0 Å². The van der Waals surface area contributed by atoms with Crippen LogP contribution < -0.4 is 4.74 Å². The van der Waals surface area contributed by atoms with Gasteiger partial charge in [-0.2, -0.15) is 5.26 Å². The van der Waals surface area contributed by atoms with Crippen LogP contribution in [0.2, 0.25) is 0 Å². The second-order valence-electron chi connectivity index (χ2n) is 2.99. The largest absolute Gasteiger partial charge is 0.497 e. The number of methoxy groups -OCH3 is 1. The van der Waals surface area contributed by atoms with Crippen molar-refractivity contribution < 1.29 is 4.74 Å². The minimum absolute atomic E-state index is 0.235. The Hall–Kier alpha value is -2.04. The molecule has 3 nitrogen and oxygen atoms in total. The van der Waals surface area contributed by atoms with E-state index in [1.54, 1.807) is 7.11 Å². The molecule has 2 rings (SSSR count). The van der Waals surface area contributed by atoms with Gasteiger partial charge in [-0.3, -0.25) is 0 Å². The Labute approximate surface area is 97.3 Å². The predicted molar refractivity (Wildman–Crippen MR) is 63.3 cm³/mol. The zero-order valence-corrected chi connectivity index (χ0v) is 9.47. The molecule has 0 atom stereocenters. The highest BCUT2D eigenvalue weighted by Gasteiger charge is 2.02. The molecule has 1 heterocycles. The second-order valence-corrected chi connectivity index (χ2v) is 4.02. The lowest BCUT2D eigenvalue weighted by Gasteiger charge is -1.96. The highest BCUT2D eigenvalue weighted by atomic mass is 32.1. The van der Waals surface area contributed by atoms with Crippen LogP contribution in [0.4, 0.5) is 0 Å². The summed E-state index contributed by atoms with van der Waals surface area (Å²) in [4.78, 5) is 4.34. The van der Waals surface area contributed by atoms with Gasteiger partial charge >= 0.3 is 0 Å². The topological polar surface area (TPSA) is 45.9 Å². The van der Waals surface area contributed by atoms with Crippen LogP contribution >= 0.6 is 11.3 Å². The SMILES string of the molecule is COc1ccc2nc(C#CCC#N)sc2c1. The van der Waals surface area contributed by atoms with E-state index >= 15 is 0 Å². The first-order chi connectivity index (χ1) is 7.83. The molecule has 0 bridgehead atoms. The Kier molecular flexibility index (Phi) is 3.05. The van der Waals surface area contributed by atoms with Crippen molar-refractivity contribution in [2.45, 2.75) is 6.42 Å². The maximum Gasteiger partial charge on any atom is 0.168 e. The van der Waals surface area contributed by atoms with E-state index in [0.717, 1.165) is 21.0 Å². The van der Waals surface area contributed by atoms with Crippen LogP contribution in [0.15, 0.2) is 18.2 Å². The number of hydrogen-bond acceptors (Lipinski definition) is 4. The third-order valence-electron chi connectivity index (χ3n) is 1.96. The van der Waals surface area contributed by atoms with Crippen molar-refractivity contribution in [3.05, 3.63) is 23.2 Å². The van der Waals surface area contributed by atoms with Gasteiger partial charge in [0, 0.05) is 0 Å². The fourth-order valence-electron chi connectivity index (χ4n) is 1.24. The minimum Gasteiger partial charge on any atom is -0.497 e. The number of rotatable bonds is 1. The quantitative estimate of drug-likeness (QED) is 0.705. The number of nitrogens with zero attached hydrogens (tertiary/aromatic N) is 2. The molecule has 0 amide bonds. The highest BCUT2D eigenvalue weighted by molar-refractivity contribution is 7.19. The summed E-state index contributed by atoms with van der Waals surface area (Å²) in [5, 5.41) is 9.10. The van der Waals surface area contributed by atoms with E-state index in [1.165, 1.54) is 11.3 Å². The fourth-order valence-corrected chi connectivity index (χ4v) is 2.11. The van der Waals surface area contributed by atoms with E-state index in [4.69, 9.17) is 10.00 Å². The van der Waals surface area contributed by atoms with E-state index in [1.807, 2.05) is 24.3 Å². The summed E-state index contributed by atoms with van der Waals surface area (Å²) in [5.74, 6) is 6.43. The summed E-state index contributed by atoms with van der Waals surface area (Å²) in [6.45, 7) is 0. The average Bonchev–Trinajstić information content (AvgIpc) is 2.70. The summed E-state index contributed by atoms with van der Waals surface area (Å²) in [6, 6.07) is 7.68. The van der Waals surface area contributed by atoms with E-state index in [-0.39, 0.29) is 6.42 Å². The number of hydrogen-bond donors (Lipinski definition) is 0. The summed E-state index contributed by atoms with van der Waals surface area (Å²) < 4.78 is 6.17. The number of fused-ring (bicyclic) bond motifs is 1. The van der Waals surface area contributed by atoms with Crippen LogP contribution in [0.5, 0.6) is 5.75 Å². The monoisotopic (exact) mass is 228 g/mol. The molecule has 0 saturated heterocycles. The lowest BCUT2D eigenvalue weighted by atomic mass is 10.3. The molecule has 0 fully saturated rings. The van der Waals surface area contributed by atoms with Gasteiger partial charge in [-0.05, 0) is 24.1 Å². The molecule has 0 aliphatic carbocycles. The smallest absolute Gasteiger partial charge is 0.168 e. The number of benzene rings is 1. The summed E-state index contributed by atoms with van der Waals surface area (Å²) >= 11 is 1.50. The lowest BCUT2D eigenvalue weighted by molar-refractivity contribution is 0.415. The second kappa shape index (κ2) is 4.65. The maximum absolute atomic E-state index is 8.37. The molecule has 0 saturated carbocycles. The molecule has 0 spiro atoms. The molecule has 2 aromatic rings. The maximum atomic E-state index is 8.37. The molecule has 0 unspecified atom stereocenters. The number of ether oxygens (including phenoxy) is 1. The van der Waals surface area contributed by atoms with Crippen LogP contribution in [-0.2, 0) is 0 Å². The lowest BCUT2D eigenvalue weighted by Crippen LogP contribution is -1.80. The first-order valence-electron chi connectivity index (χ1n) is 4.64. The van der Waals surface area contributed by atoms with Crippen molar-refractivity contribution in [3.8, 4) is 23.7 Å². The van der Waals surface area contributed by atoms with Crippen LogP contribution in [0.25, 0.3) is 10.2 Å². The van der Waals surface area contributed by atoms with Gasteiger partial charge in [-0.25, -0.2) is 4.98 Å². The number of thiazole rings is 1. The molecule has 0 aliphatic heterocycles. The number of aromatic nitrogens is 1. The van der Waals surface area contributed by atoms with Crippen LogP contribution in [0.3, 0.4) is 0 Å². The molecule has 4 heteroatoms. The first kappa shape index (κ1) is 10.5. The summed E-state index contributed by atoms with van der Waals surface area (Å²) in [7, 11) is 1.63. The van der Waals surface area contributed by atoms with Crippen LogP contribution in [0, 0.1) is 23.2 Å². The third kappa shape index (κ3) is 2.13. The van der Waals surface area contributed by atoms with E-state index < -0.39 is 0 Å². The molecule has 1 aromatic heterocycles. The Morgan fingerprint density at radius 3 is 3.12 bits per heavy atom. The van der Waals surface area contributed by atoms with E-state index in [9.17, 15) is 0 Å². The molecular weight excluding hydrogens is 220 g/mol. The van der Waals surface area contributed by atoms with Gasteiger partial charge in [0.05, 0.1) is 29.8 Å². The van der Waals surface area contributed by atoms with Crippen molar-refractivity contribution in [1.29, 1.82) is 5.26 Å². The molecule has 16 heavy (non-hydrogen) atoms. The molecule has 78 valence electrons. The van der Waals surface area contributed by atoms with Crippen molar-refractivity contribution in [3.63, 3.8) is 0 Å². The Morgan fingerprint density at radius 1 is 1.50 bits per heavy atom. The zero-order valence-electron chi connectivity index (χ0n) is 8.65. The average molecular weight is 228 g/mol. The van der Waals surface area contributed by atoms with Gasteiger partial charge in [0.25, 0.3) is 0 Å². The van der Waals surface area contributed by atoms with Crippen molar-refractivity contribution in [2.75, 3.05) is 7.11 Å². The van der Waals surface area contributed by atoms with Crippen molar-refractivity contribution in [2.24, 2.45) is 0 Å². The summed E-state index contributed by atoms with van der Waals surface area (Å²) in [5.41, 5.74) is 0.909. The molecule has 0 aliphatic rings. The van der Waals surface area contributed by atoms with Gasteiger partial charge in [-0.1, -0.05) is 5.92 Å². The number of nitriles is 1. The van der Waals surface area contributed by atoms with Gasteiger partial charge < -0.3 is 4.74 Å². The zero-order chi connectivity index (χ0) is 11.4. The van der Waals surface area contributed by atoms with Crippen molar-refractivity contribution >= 4 is 21.6 Å². The van der Waals surface area contributed by atoms with Gasteiger partial charge in [0.2, 0.25) is 0 Å². The van der Waals surface area contributed by atoms with Gasteiger partial charge in [0.15, 0.2) is 5.01 Å². The minimum atomic E-state index is 0.235.